The molecule has 0 spiro atoms. The molecule has 1 unspecified atom stereocenters. The van der Waals surface area contributed by atoms with Crippen molar-refractivity contribution in [2.45, 2.75) is 51.7 Å². The van der Waals surface area contributed by atoms with E-state index < -0.39 is 23.2 Å². The van der Waals surface area contributed by atoms with Gasteiger partial charge in [0.25, 0.3) is 0 Å². The number of benzene rings is 1. The largest absolute Gasteiger partial charge is 0.467 e. The molecule has 0 radical (unpaired) electrons. The Morgan fingerprint density at radius 2 is 2.00 bits per heavy atom. The third-order valence-corrected chi connectivity index (χ3v) is 4.02. The van der Waals surface area contributed by atoms with Gasteiger partial charge in [-0.2, -0.15) is 0 Å². The smallest absolute Gasteiger partial charge is 0.411 e. The summed E-state index contributed by atoms with van der Waals surface area (Å²) >= 11 is 0. The maximum Gasteiger partial charge on any atom is 0.411 e. The summed E-state index contributed by atoms with van der Waals surface area (Å²) in [5.41, 5.74) is 0.553. The topological polar surface area (TPSA) is 55.8 Å². The van der Waals surface area contributed by atoms with Crippen LogP contribution in [0.25, 0.3) is 0 Å². The number of likely N-dealkylation sites (tertiary alicyclic amines) is 1. The van der Waals surface area contributed by atoms with Crippen LogP contribution in [0.2, 0.25) is 0 Å². The lowest BCUT2D eigenvalue weighted by Gasteiger charge is -2.50. The summed E-state index contributed by atoms with van der Waals surface area (Å²) in [5.74, 6) is -0.392. The van der Waals surface area contributed by atoms with Gasteiger partial charge in [0.15, 0.2) is 0 Å². The molecule has 0 saturated carbocycles. The first-order valence-corrected chi connectivity index (χ1v) is 7.82. The van der Waals surface area contributed by atoms with Crippen molar-refractivity contribution in [2.24, 2.45) is 0 Å². The van der Waals surface area contributed by atoms with E-state index in [2.05, 4.69) is 0 Å². The van der Waals surface area contributed by atoms with E-state index in [1.165, 1.54) is 12.0 Å². The van der Waals surface area contributed by atoms with Gasteiger partial charge >= 0.3 is 12.1 Å². The van der Waals surface area contributed by atoms with Crippen LogP contribution in [0.3, 0.4) is 0 Å². The van der Waals surface area contributed by atoms with Crippen LogP contribution in [0.4, 0.5) is 4.79 Å². The van der Waals surface area contributed by atoms with Crippen molar-refractivity contribution in [3.8, 4) is 0 Å². The van der Waals surface area contributed by atoms with Crippen molar-refractivity contribution >= 4 is 12.1 Å². The molecule has 1 aliphatic heterocycles. The molecule has 0 bridgehead atoms. The predicted octanol–water partition coefficient (Wildman–Crippen LogP) is 3.09. The van der Waals surface area contributed by atoms with Crippen LogP contribution in [0.5, 0.6) is 0 Å². The fourth-order valence-electron chi connectivity index (χ4n) is 2.89. The molecule has 126 valence electrons. The normalized spacial score (nSPS) is 20.7. The molecule has 23 heavy (non-hydrogen) atoms. The first-order valence-electron chi connectivity index (χ1n) is 7.82. The zero-order valence-corrected chi connectivity index (χ0v) is 14.5. The highest BCUT2D eigenvalue weighted by atomic mass is 16.6. The van der Waals surface area contributed by atoms with Gasteiger partial charge in [0.05, 0.1) is 7.11 Å². The zero-order valence-electron chi connectivity index (χ0n) is 14.5. The molecule has 1 aliphatic rings. The van der Waals surface area contributed by atoms with Crippen molar-refractivity contribution in [2.75, 3.05) is 13.7 Å². The molecule has 1 amide bonds. The van der Waals surface area contributed by atoms with Gasteiger partial charge in [-0.25, -0.2) is 9.59 Å². The minimum atomic E-state index is -0.967. The molecule has 5 heteroatoms. The minimum absolute atomic E-state index is 0.392. The van der Waals surface area contributed by atoms with Crippen LogP contribution >= 0.6 is 0 Å². The number of esters is 1. The highest BCUT2D eigenvalue weighted by Crippen LogP contribution is 2.36. The lowest BCUT2D eigenvalue weighted by molar-refractivity contribution is -0.163. The Kier molecular flexibility index (Phi) is 4.68. The number of hydrogen-bond donors (Lipinski definition) is 0. The third kappa shape index (κ3) is 3.66. The van der Waals surface area contributed by atoms with Crippen molar-refractivity contribution in [1.82, 2.24) is 4.90 Å². The van der Waals surface area contributed by atoms with Crippen LogP contribution in [0.1, 0.15) is 38.3 Å². The minimum Gasteiger partial charge on any atom is -0.467 e. The average molecular weight is 319 g/mol. The summed E-state index contributed by atoms with van der Waals surface area (Å²) in [4.78, 5) is 26.3. The number of ether oxygens (including phenoxy) is 2. The van der Waals surface area contributed by atoms with Crippen molar-refractivity contribution < 1.29 is 19.1 Å². The number of carbonyl (C=O) groups excluding carboxylic acids is 2. The molecule has 0 N–H and O–H groups in total. The van der Waals surface area contributed by atoms with Gasteiger partial charge in [0, 0.05) is 13.0 Å². The Labute approximate surface area is 137 Å². The van der Waals surface area contributed by atoms with Gasteiger partial charge in [0.2, 0.25) is 0 Å². The van der Waals surface area contributed by atoms with E-state index in [4.69, 9.17) is 9.47 Å². The first-order chi connectivity index (χ1) is 10.7. The van der Waals surface area contributed by atoms with Crippen molar-refractivity contribution in [3.63, 3.8) is 0 Å². The number of nitrogens with zero attached hydrogens (tertiary/aromatic N) is 1. The number of hydrogen-bond acceptors (Lipinski definition) is 4. The summed E-state index contributed by atoms with van der Waals surface area (Å²) in [5, 5.41) is 0. The van der Waals surface area contributed by atoms with E-state index in [9.17, 15) is 9.59 Å². The number of rotatable bonds is 3. The van der Waals surface area contributed by atoms with Gasteiger partial charge in [-0.05, 0) is 39.7 Å². The fraction of sp³-hybridized carbons (Fsp3) is 0.556. The maximum atomic E-state index is 12.4. The molecule has 5 nitrogen and oxygen atoms in total. The summed E-state index contributed by atoms with van der Waals surface area (Å²) in [6, 6.07) is 7.94. The second-order valence-electron chi connectivity index (χ2n) is 7.07. The van der Waals surface area contributed by atoms with Gasteiger partial charge in [-0.15, -0.1) is 0 Å². The third-order valence-electron chi connectivity index (χ3n) is 4.02. The van der Waals surface area contributed by atoms with E-state index in [1.54, 1.807) is 0 Å². The predicted molar refractivity (Wildman–Crippen MR) is 87.2 cm³/mol. The van der Waals surface area contributed by atoms with E-state index >= 15 is 0 Å². The summed E-state index contributed by atoms with van der Waals surface area (Å²) in [7, 11) is 1.35. The molecule has 1 saturated heterocycles. The maximum absolute atomic E-state index is 12.4. The van der Waals surface area contributed by atoms with E-state index in [1.807, 2.05) is 52.0 Å². The Morgan fingerprint density at radius 1 is 1.30 bits per heavy atom. The van der Waals surface area contributed by atoms with Gasteiger partial charge < -0.3 is 9.47 Å². The van der Waals surface area contributed by atoms with Crippen molar-refractivity contribution in [1.29, 1.82) is 0 Å². The number of methoxy groups -OCH3 is 1. The van der Waals surface area contributed by atoms with Crippen LogP contribution in [0, 0.1) is 6.92 Å². The number of aryl methyl sites for hydroxylation is 1. The van der Waals surface area contributed by atoms with Crippen LogP contribution in [-0.2, 0) is 20.7 Å². The Bertz CT molecular complexity index is 605. The number of amides is 1. The summed E-state index contributed by atoms with van der Waals surface area (Å²) < 4.78 is 10.4. The Hall–Kier alpha value is -2.04. The lowest BCUT2D eigenvalue weighted by Crippen LogP contribution is -2.68. The number of carbonyl (C=O) groups is 2. The highest BCUT2D eigenvalue weighted by Gasteiger charge is 2.55. The molecular formula is C18H25NO4. The van der Waals surface area contributed by atoms with Crippen LogP contribution < -0.4 is 0 Å². The molecular weight excluding hydrogens is 294 g/mol. The second kappa shape index (κ2) is 6.22. The SMILES string of the molecule is COC(=O)C1(Cc2cccc(C)c2)CCN1C(=O)OC(C)(C)C. The van der Waals surface area contributed by atoms with Crippen LogP contribution in [-0.4, -0.2) is 41.8 Å². The van der Waals surface area contributed by atoms with Gasteiger partial charge in [0.1, 0.15) is 11.1 Å². The Balaban J connectivity index is 2.26. The lowest BCUT2D eigenvalue weighted by atomic mass is 9.79. The molecule has 0 aliphatic carbocycles. The summed E-state index contributed by atoms with van der Waals surface area (Å²) in [6.07, 6.45) is 0.537. The Morgan fingerprint density at radius 3 is 2.48 bits per heavy atom. The summed E-state index contributed by atoms with van der Waals surface area (Å²) in [6.45, 7) is 7.93. The molecule has 0 aromatic heterocycles. The fourth-order valence-corrected chi connectivity index (χ4v) is 2.89. The molecule has 1 fully saturated rings. The van der Waals surface area contributed by atoms with E-state index in [-0.39, 0.29) is 0 Å². The standard InChI is InChI=1S/C18H25NO4/c1-13-7-6-8-14(11-13)12-18(15(20)22-5)9-10-19(18)16(21)23-17(2,3)4/h6-8,11H,9-10,12H2,1-5H3. The van der Waals surface area contributed by atoms with Crippen molar-refractivity contribution in [3.05, 3.63) is 35.4 Å². The molecule has 2 rings (SSSR count). The molecule has 1 atom stereocenters. The monoisotopic (exact) mass is 319 g/mol. The average Bonchev–Trinajstić information content (AvgIpc) is 2.40. The van der Waals surface area contributed by atoms with E-state index in [0.29, 0.717) is 19.4 Å². The molecule has 1 aromatic carbocycles. The van der Waals surface area contributed by atoms with E-state index in [0.717, 1.165) is 11.1 Å². The first kappa shape index (κ1) is 17.3. The second-order valence-corrected chi connectivity index (χ2v) is 7.07. The zero-order chi connectivity index (χ0) is 17.3. The molecule has 1 heterocycles. The van der Waals surface area contributed by atoms with Crippen LogP contribution in [0.15, 0.2) is 24.3 Å². The highest BCUT2D eigenvalue weighted by molar-refractivity contribution is 5.88. The van der Waals surface area contributed by atoms with Gasteiger partial charge in [-0.3, -0.25) is 4.90 Å². The molecule has 1 aromatic rings. The quantitative estimate of drug-likeness (QED) is 0.803. The van der Waals surface area contributed by atoms with Gasteiger partial charge in [-0.1, -0.05) is 29.8 Å².